The van der Waals surface area contributed by atoms with Crippen molar-refractivity contribution in [2.75, 3.05) is 0 Å². The molecule has 100 valence electrons. The molecule has 0 saturated heterocycles. The van der Waals surface area contributed by atoms with E-state index in [1.54, 1.807) is 19.2 Å². The predicted octanol–water partition coefficient (Wildman–Crippen LogP) is 2.82. The minimum absolute atomic E-state index is 0.105. The number of rotatable bonds is 6. The van der Waals surface area contributed by atoms with Gasteiger partial charge < -0.3 is 10.1 Å². The lowest BCUT2D eigenvalue weighted by Gasteiger charge is -1.97. The van der Waals surface area contributed by atoms with E-state index in [9.17, 15) is 14.9 Å². The first-order chi connectivity index (χ1) is 9.08. The first kappa shape index (κ1) is 13.4. The van der Waals surface area contributed by atoms with Gasteiger partial charge in [-0.3, -0.25) is 4.79 Å². The van der Waals surface area contributed by atoms with Crippen LogP contribution in [0.25, 0.3) is 0 Å². The first-order valence-corrected chi connectivity index (χ1v) is 6.71. The number of aromatic nitrogens is 2. The van der Waals surface area contributed by atoms with Crippen molar-refractivity contribution in [1.82, 2.24) is 9.78 Å². The topological polar surface area (TPSA) is 78.0 Å². The SMILES string of the molecule is Cc1cn(CCCC(=O)c2cccs2)nc1[N+](=O)[O-]. The van der Waals surface area contributed by atoms with Crippen LogP contribution >= 0.6 is 11.3 Å². The fraction of sp³-hybridized carbons (Fsp3) is 0.333. The maximum Gasteiger partial charge on any atom is 0.392 e. The molecule has 2 aromatic heterocycles. The molecule has 0 radical (unpaired) electrons. The van der Waals surface area contributed by atoms with Gasteiger partial charge >= 0.3 is 5.82 Å². The number of aryl methyl sites for hydroxylation is 2. The summed E-state index contributed by atoms with van der Waals surface area (Å²) in [6.07, 6.45) is 2.68. The summed E-state index contributed by atoms with van der Waals surface area (Å²) in [6, 6.07) is 3.65. The van der Waals surface area contributed by atoms with Gasteiger partial charge in [0.25, 0.3) is 0 Å². The third-order valence-electron chi connectivity index (χ3n) is 2.68. The zero-order chi connectivity index (χ0) is 13.8. The summed E-state index contributed by atoms with van der Waals surface area (Å²) >= 11 is 1.43. The lowest BCUT2D eigenvalue weighted by Crippen LogP contribution is -2.03. The van der Waals surface area contributed by atoms with E-state index in [2.05, 4.69) is 5.10 Å². The number of nitro groups is 1. The number of ketones is 1. The van der Waals surface area contributed by atoms with Crippen molar-refractivity contribution in [3.05, 3.63) is 44.3 Å². The molecule has 0 aromatic carbocycles. The van der Waals surface area contributed by atoms with E-state index >= 15 is 0 Å². The summed E-state index contributed by atoms with van der Waals surface area (Å²) in [4.78, 5) is 22.7. The number of carbonyl (C=O) groups is 1. The molecule has 7 heteroatoms. The van der Waals surface area contributed by atoms with Gasteiger partial charge in [-0.05, 0) is 29.7 Å². The molecule has 0 aliphatic carbocycles. The third-order valence-corrected chi connectivity index (χ3v) is 3.59. The minimum Gasteiger partial charge on any atom is -0.358 e. The molecule has 19 heavy (non-hydrogen) atoms. The van der Waals surface area contributed by atoms with Gasteiger partial charge in [-0.2, -0.15) is 4.68 Å². The molecule has 0 fully saturated rings. The maximum atomic E-state index is 11.7. The molecule has 0 unspecified atom stereocenters. The van der Waals surface area contributed by atoms with Crippen LogP contribution in [0.3, 0.4) is 0 Å². The maximum absolute atomic E-state index is 11.7. The second kappa shape index (κ2) is 5.75. The highest BCUT2D eigenvalue weighted by molar-refractivity contribution is 7.12. The van der Waals surface area contributed by atoms with Crippen molar-refractivity contribution in [2.45, 2.75) is 26.3 Å². The molecule has 0 aliphatic rings. The summed E-state index contributed by atoms with van der Waals surface area (Å²) in [7, 11) is 0. The van der Waals surface area contributed by atoms with Crippen molar-refractivity contribution in [3.8, 4) is 0 Å². The van der Waals surface area contributed by atoms with Gasteiger partial charge in [0, 0.05) is 6.42 Å². The van der Waals surface area contributed by atoms with Crippen LogP contribution in [0.2, 0.25) is 0 Å². The fourth-order valence-corrected chi connectivity index (χ4v) is 2.46. The Labute approximate surface area is 113 Å². The van der Waals surface area contributed by atoms with Gasteiger partial charge in [0.2, 0.25) is 0 Å². The molecule has 0 atom stereocenters. The molecule has 0 aliphatic heterocycles. The Morgan fingerprint density at radius 2 is 2.37 bits per heavy atom. The van der Waals surface area contributed by atoms with E-state index < -0.39 is 4.92 Å². The van der Waals surface area contributed by atoms with Crippen LogP contribution in [0.5, 0.6) is 0 Å². The van der Waals surface area contributed by atoms with Crippen molar-refractivity contribution in [3.63, 3.8) is 0 Å². The van der Waals surface area contributed by atoms with Crippen molar-refractivity contribution < 1.29 is 9.72 Å². The Balaban J connectivity index is 1.88. The molecule has 2 heterocycles. The Kier molecular flexibility index (Phi) is 4.06. The van der Waals surface area contributed by atoms with E-state index in [4.69, 9.17) is 0 Å². The summed E-state index contributed by atoms with van der Waals surface area (Å²) < 4.78 is 1.52. The highest BCUT2D eigenvalue weighted by Gasteiger charge is 2.17. The van der Waals surface area contributed by atoms with E-state index in [0.29, 0.717) is 24.9 Å². The van der Waals surface area contributed by atoms with Crippen LogP contribution in [0.15, 0.2) is 23.7 Å². The minimum atomic E-state index is -0.497. The average molecular weight is 279 g/mol. The molecule has 2 rings (SSSR count). The van der Waals surface area contributed by atoms with Gasteiger partial charge in [-0.15, -0.1) is 11.3 Å². The van der Waals surface area contributed by atoms with Gasteiger partial charge in [-0.1, -0.05) is 6.07 Å². The fourth-order valence-electron chi connectivity index (χ4n) is 1.77. The number of hydrogen-bond acceptors (Lipinski definition) is 5. The number of hydrogen-bond donors (Lipinski definition) is 0. The molecule has 0 N–H and O–H groups in total. The van der Waals surface area contributed by atoms with Crippen LogP contribution in [0, 0.1) is 17.0 Å². The molecular weight excluding hydrogens is 266 g/mol. The van der Waals surface area contributed by atoms with Gasteiger partial charge in [0.1, 0.15) is 0 Å². The number of Topliss-reactive ketones (excluding diaryl/α,β-unsaturated/α-hetero) is 1. The Hall–Kier alpha value is -2.02. The van der Waals surface area contributed by atoms with E-state index in [1.807, 2.05) is 11.4 Å². The Bertz CT molecular complexity index is 589. The molecule has 0 amide bonds. The Morgan fingerprint density at radius 1 is 1.58 bits per heavy atom. The monoisotopic (exact) mass is 279 g/mol. The van der Waals surface area contributed by atoms with Crippen molar-refractivity contribution in [2.24, 2.45) is 0 Å². The van der Waals surface area contributed by atoms with Crippen molar-refractivity contribution >= 4 is 22.9 Å². The van der Waals surface area contributed by atoms with Gasteiger partial charge in [0.05, 0.1) is 28.3 Å². The van der Waals surface area contributed by atoms with E-state index in [1.165, 1.54) is 16.0 Å². The lowest BCUT2D eigenvalue weighted by atomic mass is 10.2. The largest absolute Gasteiger partial charge is 0.392 e. The quantitative estimate of drug-likeness (QED) is 0.462. The van der Waals surface area contributed by atoms with Crippen LogP contribution < -0.4 is 0 Å². The van der Waals surface area contributed by atoms with Crippen LogP contribution in [-0.2, 0) is 6.54 Å². The standard InChI is InChI=1S/C12H13N3O3S/c1-9-8-14(13-12(9)15(17)18)6-2-4-10(16)11-5-3-7-19-11/h3,5,7-8H,2,4,6H2,1H3. The summed E-state index contributed by atoms with van der Waals surface area (Å²) in [6.45, 7) is 2.16. The summed E-state index contributed by atoms with van der Waals surface area (Å²) in [5, 5.41) is 16.4. The summed E-state index contributed by atoms with van der Waals surface area (Å²) in [5.41, 5.74) is 0.537. The molecule has 2 aromatic rings. The highest BCUT2D eigenvalue weighted by Crippen LogP contribution is 2.15. The number of thiophene rings is 1. The molecular formula is C12H13N3O3S. The van der Waals surface area contributed by atoms with Crippen LogP contribution in [-0.4, -0.2) is 20.5 Å². The van der Waals surface area contributed by atoms with Gasteiger partial charge in [-0.25, -0.2) is 0 Å². The first-order valence-electron chi connectivity index (χ1n) is 5.83. The normalized spacial score (nSPS) is 10.6. The third kappa shape index (κ3) is 3.25. The van der Waals surface area contributed by atoms with Crippen LogP contribution in [0.1, 0.15) is 28.1 Å². The van der Waals surface area contributed by atoms with Crippen LogP contribution in [0.4, 0.5) is 5.82 Å². The average Bonchev–Trinajstić information content (AvgIpc) is 2.98. The second-order valence-electron chi connectivity index (χ2n) is 4.16. The summed E-state index contributed by atoms with van der Waals surface area (Å²) in [5.74, 6) is -0.0158. The van der Waals surface area contributed by atoms with Crippen molar-refractivity contribution in [1.29, 1.82) is 0 Å². The molecule has 6 nitrogen and oxygen atoms in total. The number of nitrogens with zero attached hydrogens (tertiary/aromatic N) is 3. The molecule has 0 saturated carbocycles. The predicted molar refractivity (Wildman–Crippen MR) is 71.5 cm³/mol. The number of carbonyl (C=O) groups excluding carboxylic acids is 1. The second-order valence-corrected chi connectivity index (χ2v) is 5.11. The Morgan fingerprint density at radius 3 is 2.95 bits per heavy atom. The molecule has 0 spiro atoms. The van der Waals surface area contributed by atoms with E-state index in [-0.39, 0.29) is 11.6 Å². The zero-order valence-electron chi connectivity index (χ0n) is 10.4. The molecule has 0 bridgehead atoms. The lowest BCUT2D eigenvalue weighted by molar-refractivity contribution is -0.390. The smallest absolute Gasteiger partial charge is 0.358 e. The van der Waals surface area contributed by atoms with Gasteiger partial charge in [0.15, 0.2) is 5.78 Å². The highest BCUT2D eigenvalue weighted by atomic mass is 32.1. The van der Waals surface area contributed by atoms with E-state index in [0.717, 1.165) is 4.88 Å². The zero-order valence-corrected chi connectivity index (χ0v) is 11.2.